The molecule has 2 aliphatic heterocycles. The number of benzene rings is 1. The van der Waals surface area contributed by atoms with Crippen LogP contribution in [0.2, 0.25) is 0 Å². The highest BCUT2D eigenvalue weighted by molar-refractivity contribution is 7.89. The lowest BCUT2D eigenvalue weighted by Crippen LogP contribution is -2.31. The van der Waals surface area contributed by atoms with Gasteiger partial charge in [-0.05, 0) is 30.5 Å². The van der Waals surface area contributed by atoms with Crippen LogP contribution in [0.25, 0.3) is 0 Å². The summed E-state index contributed by atoms with van der Waals surface area (Å²) in [6.45, 7) is 0.199. The normalized spacial score (nSPS) is 26.4. The van der Waals surface area contributed by atoms with Gasteiger partial charge in [0.05, 0.1) is 18.8 Å². The van der Waals surface area contributed by atoms with Gasteiger partial charge in [0.2, 0.25) is 10.0 Å². The Morgan fingerprint density at radius 3 is 2.57 bits per heavy atom. The number of aliphatic hydroxyl groups excluding tert-OH is 2. The van der Waals surface area contributed by atoms with Crippen molar-refractivity contribution in [2.45, 2.75) is 29.9 Å². The molecule has 2 unspecified atom stereocenters. The van der Waals surface area contributed by atoms with Crippen LogP contribution in [-0.4, -0.2) is 54.8 Å². The molecule has 1 saturated heterocycles. The van der Waals surface area contributed by atoms with E-state index in [0.717, 1.165) is 16.3 Å². The van der Waals surface area contributed by atoms with Crippen LogP contribution in [0.1, 0.15) is 12.0 Å². The van der Waals surface area contributed by atoms with Gasteiger partial charge in [-0.25, -0.2) is 8.42 Å². The lowest BCUT2D eigenvalue weighted by atomic mass is 10.1. The Balaban J connectivity index is 2.05. The summed E-state index contributed by atoms with van der Waals surface area (Å²) < 4.78 is 32.0. The van der Waals surface area contributed by atoms with Gasteiger partial charge in [0, 0.05) is 18.8 Å². The molecule has 116 valence electrons. The predicted octanol–water partition coefficient (Wildman–Crippen LogP) is -0.680. The van der Waals surface area contributed by atoms with Crippen LogP contribution in [0.15, 0.2) is 17.0 Å². The number of ether oxygens (including phenoxy) is 1. The zero-order valence-electron chi connectivity index (χ0n) is 11.4. The average molecular weight is 314 g/mol. The summed E-state index contributed by atoms with van der Waals surface area (Å²) >= 11 is 0. The Bertz CT molecular complexity index is 651. The molecule has 0 spiro atoms. The first-order valence-electron chi connectivity index (χ1n) is 6.81. The van der Waals surface area contributed by atoms with Crippen LogP contribution in [0.3, 0.4) is 0 Å². The molecule has 0 aromatic heterocycles. The maximum Gasteiger partial charge on any atom is 0.247 e. The van der Waals surface area contributed by atoms with E-state index in [1.165, 1.54) is 6.07 Å². The summed E-state index contributed by atoms with van der Waals surface area (Å²) in [4.78, 5) is 0.0125. The number of nitrogen functional groups attached to an aromatic ring is 1. The van der Waals surface area contributed by atoms with Crippen molar-refractivity contribution in [3.05, 3.63) is 17.7 Å². The van der Waals surface area contributed by atoms with Crippen molar-refractivity contribution in [2.75, 3.05) is 25.4 Å². The third-order valence-corrected chi connectivity index (χ3v) is 5.67. The molecular formula is C13H18N2O5S. The quantitative estimate of drug-likeness (QED) is 0.623. The largest absolute Gasteiger partial charge is 0.492 e. The fraction of sp³-hybridized carbons (Fsp3) is 0.538. The average Bonchev–Trinajstić information content (AvgIpc) is 2.78. The molecule has 7 nitrogen and oxygen atoms in total. The molecule has 21 heavy (non-hydrogen) atoms. The maximum atomic E-state index is 12.7. The molecule has 1 aromatic carbocycles. The molecule has 2 atom stereocenters. The number of fused-ring (bicyclic) bond motifs is 1. The monoisotopic (exact) mass is 314 g/mol. The Hall–Kier alpha value is -1.35. The lowest BCUT2D eigenvalue weighted by molar-refractivity contribution is 0.0572. The van der Waals surface area contributed by atoms with Crippen molar-refractivity contribution in [1.82, 2.24) is 4.31 Å². The number of β-amino-alcohol motifs (C(OH)–C–C–N with tert-alkyl or cyclic N) is 2. The second-order valence-electron chi connectivity index (χ2n) is 5.42. The fourth-order valence-corrected chi connectivity index (χ4v) is 4.42. The van der Waals surface area contributed by atoms with Gasteiger partial charge in [-0.3, -0.25) is 0 Å². The van der Waals surface area contributed by atoms with Crippen molar-refractivity contribution >= 4 is 15.7 Å². The molecule has 0 bridgehead atoms. The number of nitrogens with two attached hydrogens (primary N) is 1. The van der Waals surface area contributed by atoms with E-state index >= 15 is 0 Å². The zero-order chi connectivity index (χ0) is 15.2. The van der Waals surface area contributed by atoms with Crippen molar-refractivity contribution in [1.29, 1.82) is 0 Å². The number of hydrogen-bond acceptors (Lipinski definition) is 6. The van der Waals surface area contributed by atoms with E-state index in [2.05, 4.69) is 0 Å². The van der Waals surface area contributed by atoms with Crippen molar-refractivity contribution in [3.8, 4) is 5.75 Å². The smallest absolute Gasteiger partial charge is 0.247 e. The van der Waals surface area contributed by atoms with Crippen molar-refractivity contribution < 1.29 is 23.4 Å². The van der Waals surface area contributed by atoms with E-state index < -0.39 is 22.2 Å². The van der Waals surface area contributed by atoms with E-state index in [9.17, 15) is 18.6 Å². The molecule has 0 saturated carbocycles. The first kappa shape index (κ1) is 14.6. The fourth-order valence-electron chi connectivity index (χ4n) is 2.73. The molecule has 2 aliphatic rings. The minimum atomic E-state index is -3.86. The molecule has 0 aliphatic carbocycles. The summed E-state index contributed by atoms with van der Waals surface area (Å²) in [7, 11) is -3.86. The van der Waals surface area contributed by atoms with Gasteiger partial charge >= 0.3 is 0 Å². The highest BCUT2D eigenvalue weighted by Gasteiger charge is 2.39. The summed E-state index contributed by atoms with van der Waals surface area (Å²) in [6, 6.07) is 3.09. The number of sulfonamides is 1. The van der Waals surface area contributed by atoms with Gasteiger partial charge in [-0.15, -0.1) is 0 Å². The van der Waals surface area contributed by atoms with Gasteiger partial charge in [-0.2, -0.15) is 4.31 Å². The Morgan fingerprint density at radius 1 is 1.24 bits per heavy atom. The highest BCUT2D eigenvalue weighted by atomic mass is 32.2. The molecule has 3 rings (SSSR count). The Morgan fingerprint density at radius 2 is 1.90 bits per heavy atom. The van der Waals surface area contributed by atoms with Gasteiger partial charge in [0.15, 0.2) is 0 Å². The van der Waals surface area contributed by atoms with Crippen LogP contribution in [0, 0.1) is 0 Å². The number of hydrogen-bond donors (Lipinski definition) is 3. The van der Waals surface area contributed by atoms with Crippen molar-refractivity contribution in [3.63, 3.8) is 0 Å². The van der Waals surface area contributed by atoms with E-state index in [0.29, 0.717) is 24.5 Å². The third kappa shape index (κ3) is 2.48. The van der Waals surface area contributed by atoms with Gasteiger partial charge in [0.25, 0.3) is 0 Å². The number of aliphatic hydroxyl groups is 2. The predicted molar refractivity (Wildman–Crippen MR) is 75.4 cm³/mol. The first-order valence-corrected chi connectivity index (χ1v) is 8.25. The van der Waals surface area contributed by atoms with Crippen LogP contribution < -0.4 is 10.5 Å². The van der Waals surface area contributed by atoms with Crippen LogP contribution in [0.5, 0.6) is 5.75 Å². The zero-order valence-corrected chi connectivity index (χ0v) is 12.2. The lowest BCUT2D eigenvalue weighted by Gasteiger charge is -2.23. The van der Waals surface area contributed by atoms with Crippen LogP contribution in [0.4, 0.5) is 5.69 Å². The van der Waals surface area contributed by atoms with Crippen LogP contribution >= 0.6 is 0 Å². The molecule has 4 N–H and O–H groups in total. The SMILES string of the molecule is Nc1cc2c(c(S(=O)(=O)N3CC(O)C(O)C3)c1)OCCC2. The number of rotatable bonds is 2. The summed E-state index contributed by atoms with van der Waals surface area (Å²) in [5.74, 6) is 0.339. The molecule has 1 fully saturated rings. The van der Waals surface area contributed by atoms with Gasteiger partial charge < -0.3 is 20.7 Å². The van der Waals surface area contributed by atoms with E-state index in [1.807, 2.05) is 0 Å². The molecule has 8 heteroatoms. The molecular weight excluding hydrogens is 296 g/mol. The molecule has 2 heterocycles. The van der Waals surface area contributed by atoms with E-state index in [1.54, 1.807) is 6.07 Å². The van der Waals surface area contributed by atoms with Gasteiger partial charge in [-0.1, -0.05) is 0 Å². The number of nitrogens with zero attached hydrogens (tertiary/aromatic N) is 1. The molecule has 0 radical (unpaired) electrons. The second kappa shape index (κ2) is 5.13. The second-order valence-corrected chi connectivity index (χ2v) is 7.32. The summed E-state index contributed by atoms with van der Waals surface area (Å²) in [5, 5.41) is 19.1. The first-order chi connectivity index (χ1) is 9.89. The molecule has 1 aromatic rings. The number of aryl methyl sites for hydroxylation is 1. The standard InChI is InChI=1S/C13H18N2O5S/c14-9-4-8-2-1-3-20-13(8)12(5-9)21(18,19)15-6-10(16)11(17)7-15/h4-5,10-11,16-17H,1-3,6-7,14H2. The van der Waals surface area contributed by atoms with Crippen molar-refractivity contribution in [2.24, 2.45) is 0 Å². The van der Waals surface area contributed by atoms with Crippen LogP contribution in [-0.2, 0) is 16.4 Å². The maximum absolute atomic E-state index is 12.7. The Kier molecular flexibility index (Phi) is 3.56. The number of anilines is 1. The third-order valence-electron chi connectivity index (χ3n) is 3.83. The minimum Gasteiger partial charge on any atom is -0.492 e. The molecule has 0 amide bonds. The van der Waals surface area contributed by atoms with E-state index in [4.69, 9.17) is 10.5 Å². The summed E-state index contributed by atoms with van der Waals surface area (Å²) in [6.07, 6.45) is -0.610. The topological polar surface area (TPSA) is 113 Å². The summed E-state index contributed by atoms with van der Waals surface area (Å²) in [5.41, 5.74) is 6.93. The highest BCUT2D eigenvalue weighted by Crippen LogP contribution is 2.36. The van der Waals surface area contributed by atoms with E-state index in [-0.39, 0.29) is 18.0 Å². The van der Waals surface area contributed by atoms with Gasteiger partial charge in [0.1, 0.15) is 10.6 Å². The minimum absolute atomic E-state index is 0.0125. The Labute approximate surface area is 123 Å².